The van der Waals surface area contributed by atoms with Crippen LogP contribution in [0.3, 0.4) is 0 Å². The molecular formula is C11H18N4OS. The molecule has 17 heavy (non-hydrogen) atoms. The number of amides is 1. The van der Waals surface area contributed by atoms with Gasteiger partial charge in [-0.3, -0.25) is 9.48 Å². The molecule has 0 aliphatic heterocycles. The maximum atomic E-state index is 11.7. The maximum Gasteiger partial charge on any atom is 0.220 e. The van der Waals surface area contributed by atoms with Gasteiger partial charge in [0, 0.05) is 26.4 Å². The topological polar surface area (TPSA) is 59.8 Å². The fourth-order valence-electron chi connectivity index (χ4n) is 1.78. The van der Waals surface area contributed by atoms with Crippen molar-refractivity contribution in [1.29, 1.82) is 0 Å². The van der Waals surface area contributed by atoms with Crippen LogP contribution in [0.15, 0.2) is 6.33 Å². The number of nitrogens with one attached hydrogen (secondary N) is 1. The number of thiol groups is 1. The Morgan fingerprint density at radius 3 is 2.94 bits per heavy atom. The normalized spacial score (nSPS) is 16.8. The molecule has 0 aromatic carbocycles. The van der Waals surface area contributed by atoms with Gasteiger partial charge >= 0.3 is 0 Å². The molecule has 0 spiro atoms. The quantitative estimate of drug-likeness (QED) is 0.730. The maximum absolute atomic E-state index is 11.7. The van der Waals surface area contributed by atoms with E-state index in [9.17, 15) is 4.79 Å². The summed E-state index contributed by atoms with van der Waals surface area (Å²) in [6, 6.07) is 0. The molecule has 1 aliphatic carbocycles. The van der Waals surface area contributed by atoms with E-state index >= 15 is 0 Å². The average molecular weight is 254 g/mol. The standard InChI is InChI=1S/C11H18N4OS/c1-15-8-13-9(14-15)2-5-12-10(16)6-11(7-17)3-4-11/h8,17H,2-7H2,1H3,(H,12,16). The lowest BCUT2D eigenvalue weighted by molar-refractivity contribution is -0.122. The summed E-state index contributed by atoms with van der Waals surface area (Å²) in [4.78, 5) is 15.8. The number of rotatable bonds is 6. The predicted molar refractivity (Wildman–Crippen MR) is 67.9 cm³/mol. The molecule has 1 aliphatic rings. The molecule has 1 saturated carbocycles. The van der Waals surface area contributed by atoms with Gasteiger partial charge in [0.1, 0.15) is 6.33 Å². The molecule has 94 valence electrons. The molecule has 0 saturated heterocycles. The number of hydrogen-bond donors (Lipinski definition) is 2. The minimum absolute atomic E-state index is 0.118. The van der Waals surface area contributed by atoms with E-state index in [2.05, 4.69) is 28.0 Å². The van der Waals surface area contributed by atoms with Gasteiger partial charge in [0.05, 0.1) is 0 Å². The Hall–Kier alpha value is -1.04. The SMILES string of the molecule is Cn1cnc(CCNC(=O)CC2(CS)CC2)n1. The van der Waals surface area contributed by atoms with E-state index in [0.717, 1.165) is 24.4 Å². The summed E-state index contributed by atoms with van der Waals surface area (Å²) < 4.78 is 1.66. The summed E-state index contributed by atoms with van der Waals surface area (Å²) in [6.45, 7) is 0.603. The molecule has 1 heterocycles. The zero-order valence-electron chi connectivity index (χ0n) is 10.0. The Balaban J connectivity index is 1.66. The molecule has 1 N–H and O–H groups in total. The first kappa shape index (κ1) is 12.4. The van der Waals surface area contributed by atoms with Crippen LogP contribution in [0.1, 0.15) is 25.1 Å². The van der Waals surface area contributed by atoms with Gasteiger partial charge in [0.2, 0.25) is 5.91 Å². The lowest BCUT2D eigenvalue weighted by Crippen LogP contribution is -2.28. The van der Waals surface area contributed by atoms with Crippen LogP contribution in [0.4, 0.5) is 0 Å². The van der Waals surface area contributed by atoms with Crippen LogP contribution >= 0.6 is 12.6 Å². The van der Waals surface area contributed by atoms with Gasteiger partial charge in [-0.05, 0) is 24.0 Å². The van der Waals surface area contributed by atoms with Gasteiger partial charge in [-0.25, -0.2) is 4.98 Å². The minimum Gasteiger partial charge on any atom is -0.356 e. The summed E-state index contributed by atoms with van der Waals surface area (Å²) >= 11 is 4.29. The first-order chi connectivity index (χ1) is 8.13. The fraction of sp³-hybridized carbons (Fsp3) is 0.727. The average Bonchev–Trinajstić information content (AvgIpc) is 2.95. The molecule has 0 unspecified atom stereocenters. The van der Waals surface area contributed by atoms with Crippen molar-refractivity contribution in [1.82, 2.24) is 20.1 Å². The molecule has 0 bridgehead atoms. The van der Waals surface area contributed by atoms with E-state index in [4.69, 9.17) is 0 Å². The zero-order chi connectivity index (χ0) is 12.3. The Kier molecular flexibility index (Phi) is 3.71. The van der Waals surface area contributed by atoms with E-state index in [1.165, 1.54) is 0 Å². The van der Waals surface area contributed by atoms with Gasteiger partial charge in [-0.2, -0.15) is 17.7 Å². The number of hydrogen-bond acceptors (Lipinski definition) is 4. The first-order valence-corrected chi connectivity index (χ1v) is 6.49. The van der Waals surface area contributed by atoms with Crippen molar-refractivity contribution in [2.75, 3.05) is 12.3 Å². The highest BCUT2D eigenvalue weighted by molar-refractivity contribution is 7.80. The Bertz CT molecular complexity index is 400. The van der Waals surface area contributed by atoms with E-state index in [1.54, 1.807) is 11.0 Å². The van der Waals surface area contributed by atoms with Gasteiger partial charge in [-0.1, -0.05) is 0 Å². The Labute approximate surface area is 106 Å². The predicted octanol–water partition coefficient (Wildman–Crippen LogP) is 0.574. The van der Waals surface area contributed by atoms with Crippen molar-refractivity contribution >= 4 is 18.5 Å². The van der Waals surface area contributed by atoms with Gasteiger partial charge in [0.15, 0.2) is 5.82 Å². The summed E-state index contributed by atoms with van der Waals surface area (Å²) in [6.07, 6.45) is 5.21. The lowest BCUT2D eigenvalue weighted by Gasteiger charge is -2.11. The second-order valence-electron chi connectivity index (χ2n) is 4.77. The highest BCUT2D eigenvalue weighted by atomic mass is 32.1. The number of aryl methyl sites for hydroxylation is 1. The molecule has 2 rings (SSSR count). The van der Waals surface area contributed by atoms with Crippen LogP contribution in [0.25, 0.3) is 0 Å². The molecule has 0 radical (unpaired) electrons. The molecule has 1 amide bonds. The fourth-order valence-corrected chi connectivity index (χ4v) is 2.21. The van der Waals surface area contributed by atoms with Gasteiger partial charge in [-0.15, -0.1) is 0 Å². The summed E-state index contributed by atoms with van der Waals surface area (Å²) in [7, 11) is 1.83. The molecule has 6 heteroatoms. The second kappa shape index (κ2) is 5.08. The van der Waals surface area contributed by atoms with Crippen molar-refractivity contribution in [2.24, 2.45) is 12.5 Å². The largest absolute Gasteiger partial charge is 0.356 e. The van der Waals surface area contributed by atoms with Crippen LogP contribution in [0.5, 0.6) is 0 Å². The van der Waals surface area contributed by atoms with Gasteiger partial charge < -0.3 is 5.32 Å². The van der Waals surface area contributed by atoms with E-state index in [1.807, 2.05) is 7.05 Å². The lowest BCUT2D eigenvalue weighted by atomic mass is 10.1. The molecule has 1 fully saturated rings. The summed E-state index contributed by atoms with van der Waals surface area (Å²) in [5.41, 5.74) is 0.191. The first-order valence-electron chi connectivity index (χ1n) is 5.86. The van der Waals surface area contributed by atoms with Crippen molar-refractivity contribution in [3.05, 3.63) is 12.2 Å². The second-order valence-corrected chi connectivity index (χ2v) is 5.09. The van der Waals surface area contributed by atoms with Crippen molar-refractivity contribution in [3.8, 4) is 0 Å². The zero-order valence-corrected chi connectivity index (χ0v) is 10.9. The van der Waals surface area contributed by atoms with Crippen molar-refractivity contribution in [2.45, 2.75) is 25.7 Å². The molecular weight excluding hydrogens is 236 g/mol. The number of aromatic nitrogens is 3. The van der Waals surface area contributed by atoms with E-state index in [0.29, 0.717) is 19.4 Å². The van der Waals surface area contributed by atoms with E-state index < -0.39 is 0 Å². The van der Waals surface area contributed by atoms with Crippen molar-refractivity contribution in [3.63, 3.8) is 0 Å². The van der Waals surface area contributed by atoms with Crippen molar-refractivity contribution < 1.29 is 4.79 Å². The number of nitrogens with zero attached hydrogens (tertiary/aromatic N) is 3. The highest BCUT2D eigenvalue weighted by Crippen LogP contribution is 2.49. The van der Waals surface area contributed by atoms with Crippen LogP contribution in [0, 0.1) is 5.41 Å². The summed E-state index contributed by atoms with van der Waals surface area (Å²) in [5, 5.41) is 7.06. The summed E-state index contributed by atoms with van der Waals surface area (Å²) in [5.74, 6) is 1.69. The molecule has 0 atom stereocenters. The third-order valence-electron chi connectivity index (χ3n) is 3.15. The van der Waals surface area contributed by atoms with Crippen LogP contribution in [0.2, 0.25) is 0 Å². The molecule has 5 nitrogen and oxygen atoms in total. The third-order valence-corrected chi connectivity index (χ3v) is 3.82. The van der Waals surface area contributed by atoms with Crippen LogP contribution in [-0.2, 0) is 18.3 Å². The minimum atomic E-state index is 0.118. The Morgan fingerprint density at radius 2 is 2.41 bits per heavy atom. The molecule has 1 aromatic rings. The van der Waals surface area contributed by atoms with Crippen LogP contribution < -0.4 is 5.32 Å². The Morgan fingerprint density at radius 1 is 1.65 bits per heavy atom. The third kappa shape index (κ3) is 3.46. The molecule has 1 aromatic heterocycles. The number of carbonyl (C=O) groups is 1. The highest BCUT2D eigenvalue weighted by Gasteiger charge is 2.42. The van der Waals surface area contributed by atoms with Gasteiger partial charge in [0.25, 0.3) is 0 Å². The smallest absolute Gasteiger partial charge is 0.220 e. The van der Waals surface area contributed by atoms with Crippen LogP contribution in [-0.4, -0.2) is 33.0 Å². The number of carbonyl (C=O) groups excluding carboxylic acids is 1. The van der Waals surface area contributed by atoms with E-state index in [-0.39, 0.29) is 11.3 Å². The monoisotopic (exact) mass is 254 g/mol.